The van der Waals surface area contributed by atoms with Gasteiger partial charge >= 0.3 is 0 Å². The quantitative estimate of drug-likeness (QED) is 0.796. The maximum atomic E-state index is 12.7. The highest BCUT2D eigenvalue weighted by Crippen LogP contribution is 2.12. The van der Waals surface area contributed by atoms with E-state index in [2.05, 4.69) is 28.2 Å². The van der Waals surface area contributed by atoms with Gasteiger partial charge in [-0.15, -0.1) is 0 Å². The van der Waals surface area contributed by atoms with E-state index in [1.807, 2.05) is 39.6 Å². The second-order valence-corrected chi connectivity index (χ2v) is 6.79. The van der Waals surface area contributed by atoms with Crippen LogP contribution in [0.5, 0.6) is 0 Å². The third-order valence-electron chi connectivity index (χ3n) is 4.76. The predicted molar refractivity (Wildman–Crippen MR) is 95.8 cm³/mol. The lowest BCUT2D eigenvalue weighted by molar-refractivity contribution is -0.135. The van der Waals surface area contributed by atoms with Gasteiger partial charge < -0.3 is 4.90 Å². The Morgan fingerprint density at radius 3 is 2.80 bits per heavy atom. The van der Waals surface area contributed by atoms with E-state index in [9.17, 15) is 4.79 Å². The molecule has 2 aromatic heterocycles. The molecule has 3 rings (SSSR count). The van der Waals surface area contributed by atoms with E-state index in [4.69, 9.17) is 0 Å². The van der Waals surface area contributed by atoms with Crippen molar-refractivity contribution in [2.45, 2.75) is 39.9 Å². The minimum Gasteiger partial charge on any atom is -0.341 e. The van der Waals surface area contributed by atoms with Gasteiger partial charge in [0.05, 0.1) is 18.7 Å². The van der Waals surface area contributed by atoms with Gasteiger partial charge in [-0.05, 0) is 19.4 Å². The molecule has 1 fully saturated rings. The molecule has 0 aromatic carbocycles. The van der Waals surface area contributed by atoms with Crippen molar-refractivity contribution in [3.8, 4) is 0 Å². The minimum absolute atomic E-state index is 0.0470. The fraction of sp³-hybridized carbons (Fsp3) is 0.611. The molecular weight excluding hydrogens is 316 g/mol. The Balaban J connectivity index is 1.51. The molecule has 1 saturated heterocycles. The Hall–Kier alpha value is -2.15. The van der Waals surface area contributed by atoms with E-state index in [-0.39, 0.29) is 11.8 Å². The molecule has 2 aromatic rings. The number of aromatic nitrogens is 4. The summed E-state index contributed by atoms with van der Waals surface area (Å²) in [5, 5.41) is 8.54. The highest BCUT2D eigenvalue weighted by Gasteiger charge is 2.23. The van der Waals surface area contributed by atoms with Crippen LogP contribution in [0.1, 0.15) is 25.8 Å². The van der Waals surface area contributed by atoms with Gasteiger partial charge in [-0.3, -0.25) is 19.1 Å². The molecule has 136 valence electrons. The molecule has 0 radical (unpaired) electrons. The zero-order valence-corrected chi connectivity index (χ0v) is 15.2. The molecule has 25 heavy (non-hydrogen) atoms. The summed E-state index contributed by atoms with van der Waals surface area (Å²) in [5.74, 6) is 0.186. The van der Waals surface area contributed by atoms with Crippen molar-refractivity contribution < 1.29 is 4.79 Å². The zero-order chi connectivity index (χ0) is 17.6. The Morgan fingerprint density at radius 1 is 1.20 bits per heavy atom. The fourth-order valence-electron chi connectivity index (χ4n) is 3.35. The third kappa shape index (κ3) is 4.69. The molecule has 7 heteroatoms. The van der Waals surface area contributed by atoms with E-state index >= 15 is 0 Å². The van der Waals surface area contributed by atoms with Crippen LogP contribution in [0.15, 0.2) is 30.9 Å². The average molecular weight is 344 g/mol. The summed E-state index contributed by atoms with van der Waals surface area (Å²) in [4.78, 5) is 17.2. The number of hydrogen-bond acceptors (Lipinski definition) is 4. The van der Waals surface area contributed by atoms with Crippen LogP contribution >= 0.6 is 0 Å². The monoisotopic (exact) mass is 344 g/mol. The number of carbonyl (C=O) groups excluding carboxylic acids is 1. The number of hydrogen-bond donors (Lipinski definition) is 0. The first-order chi connectivity index (χ1) is 12.2. The molecule has 0 N–H and O–H groups in total. The normalized spacial score (nSPS) is 17.4. The Labute approximate surface area is 149 Å². The van der Waals surface area contributed by atoms with Gasteiger partial charge in [0.2, 0.25) is 5.91 Å². The van der Waals surface area contributed by atoms with E-state index in [0.717, 1.165) is 45.7 Å². The highest BCUT2D eigenvalue weighted by atomic mass is 16.2. The summed E-state index contributed by atoms with van der Waals surface area (Å²) >= 11 is 0. The van der Waals surface area contributed by atoms with Crippen LogP contribution in [0.4, 0.5) is 0 Å². The summed E-state index contributed by atoms with van der Waals surface area (Å²) in [5.41, 5.74) is 1.24. The Bertz CT molecular complexity index is 665. The van der Waals surface area contributed by atoms with Gasteiger partial charge in [0, 0.05) is 63.4 Å². The van der Waals surface area contributed by atoms with Gasteiger partial charge in [0.25, 0.3) is 0 Å². The van der Waals surface area contributed by atoms with Gasteiger partial charge in [-0.25, -0.2) is 0 Å². The molecule has 3 heterocycles. The summed E-state index contributed by atoms with van der Waals surface area (Å²) in [6.45, 7) is 10.1. The maximum Gasteiger partial charge on any atom is 0.227 e. The number of carbonyl (C=O) groups is 1. The van der Waals surface area contributed by atoms with Crippen LogP contribution in [0.2, 0.25) is 0 Å². The molecule has 0 saturated carbocycles. The van der Waals surface area contributed by atoms with Crippen molar-refractivity contribution in [2.75, 3.05) is 26.2 Å². The molecule has 0 unspecified atom stereocenters. The van der Waals surface area contributed by atoms with E-state index in [0.29, 0.717) is 6.54 Å². The van der Waals surface area contributed by atoms with E-state index < -0.39 is 0 Å². The highest BCUT2D eigenvalue weighted by molar-refractivity contribution is 5.78. The molecule has 1 atom stereocenters. The van der Waals surface area contributed by atoms with E-state index in [1.165, 1.54) is 5.56 Å². The number of nitrogens with zero attached hydrogens (tertiary/aromatic N) is 6. The van der Waals surface area contributed by atoms with Crippen LogP contribution in [0, 0.1) is 5.92 Å². The van der Waals surface area contributed by atoms with Crippen molar-refractivity contribution in [3.63, 3.8) is 0 Å². The standard InChI is InChI=1S/C18H28N6O/c1-3-23-15-17(12-20-23)14-21-7-5-8-22(11-10-21)18(25)16(2)13-24-9-4-6-19-24/h4,6,9,12,15-16H,3,5,7-8,10-11,13-14H2,1-2H3/t16-/m1/s1. The lowest BCUT2D eigenvalue weighted by Crippen LogP contribution is -2.39. The van der Waals surface area contributed by atoms with Crippen LogP contribution in [-0.2, 0) is 24.4 Å². The van der Waals surface area contributed by atoms with Crippen LogP contribution in [0.3, 0.4) is 0 Å². The molecule has 7 nitrogen and oxygen atoms in total. The van der Waals surface area contributed by atoms with Gasteiger partial charge in [-0.1, -0.05) is 6.92 Å². The third-order valence-corrected chi connectivity index (χ3v) is 4.76. The molecule has 0 spiro atoms. The molecule has 1 aliphatic heterocycles. The summed E-state index contributed by atoms with van der Waals surface area (Å²) in [7, 11) is 0. The Kier molecular flexibility index (Phi) is 5.86. The van der Waals surface area contributed by atoms with Crippen molar-refractivity contribution in [3.05, 3.63) is 36.4 Å². The zero-order valence-electron chi connectivity index (χ0n) is 15.2. The largest absolute Gasteiger partial charge is 0.341 e. The van der Waals surface area contributed by atoms with Gasteiger partial charge in [0.1, 0.15) is 0 Å². The molecule has 0 bridgehead atoms. The van der Waals surface area contributed by atoms with Crippen molar-refractivity contribution in [2.24, 2.45) is 5.92 Å². The van der Waals surface area contributed by atoms with Crippen LogP contribution in [-0.4, -0.2) is 61.4 Å². The first-order valence-corrected chi connectivity index (χ1v) is 9.15. The molecular formula is C18H28N6O. The van der Waals surface area contributed by atoms with Crippen molar-refractivity contribution in [1.29, 1.82) is 0 Å². The minimum atomic E-state index is -0.0470. The Morgan fingerprint density at radius 2 is 2.08 bits per heavy atom. The first kappa shape index (κ1) is 17.7. The fourth-order valence-corrected chi connectivity index (χ4v) is 3.35. The summed E-state index contributed by atoms with van der Waals surface area (Å²) in [6.07, 6.45) is 8.73. The smallest absolute Gasteiger partial charge is 0.227 e. The molecule has 1 aliphatic rings. The first-order valence-electron chi connectivity index (χ1n) is 9.15. The number of rotatable bonds is 6. The predicted octanol–water partition coefficient (Wildman–Crippen LogP) is 1.47. The summed E-state index contributed by atoms with van der Waals surface area (Å²) in [6, 6.07) is 1.89. The lowest BCUT2D eigenvalue weighted by Gasteiger charge is -2.24. The molecule has 0 aliphatic carbocycles. The van der Waals surface area contributed by atoms with Crippen LogP contribution < -0.4 is 0 Å². The second kappa shape index (κ2) is 8.29. The average Bonchev–Trinajstić information content (AvgIpc) is 3.23. The van der Waals surface area contributed by atoms with Gasteiger partial charge in [-0.2, -0.15) is 10.2 Å². The molecule has 1 amide bonds. The van der Waals surface area contributed by atoms with Gasteiger partial charge in [0.15, 0.2) is 0 Å². The van der Waals surface area contributed by atoms with Crippen LogP contribution in [0.25, 0.3) is 0 Å². The number of aryl methyl sites for hydroxylation is 1. The van der Waals surface area contributed by atoms with Crippen molar-refractivity contribution in [1.82, 2.24) is 29.4 Å². The second-order valence-electron chi connectivity index (χ2n) is 6.79. The van der Waals surface area contributed by atoms with Crippen molar-refractivity contribution >= 4 is 5.91 Å². The number of amides is 1. The topological polar surface area (TPSA) is 59.2 Å². The SMILES string of the molecule is CCn1cc(CN2CCCN(C(=O)[C@H](C)Cn3cccn3)CC2)cn1. The lowest BCUT2D eigenvalue weighted by atomic mass is 10.1. The maximum absolute atomic E-state index is 12.7. The van der Waals surface area contributed by atoms with E-state index in [1.54, 1.807) is 6.20 Å². The summed E-state index contributed by atoms with van der Waals surface area (Å²) < 4.78 is 3.79.